The van der Waals surface area contributed by atoms with Crippen LogP contribution in [0.5, 0.6) is 0 Å². The largest absolute Gasteiger partial charge is 0.480 e. The Kier molecular flexibility index (Phi) is 2.72. The number of aliphatic carboxylic acids is 1. The van der Waals surface area contributed by atoms with E-state index in [1.165, 1.54) is 0 Å². The Morgan fingerprint density at radius 1 is 1.28 bits per heavy atom. The molecule has 2 heterocycles. The Morgan fingerprint density at radius 3 is 2.94 bits per heavy atom. The van der Waals surface area contributed by atoms with E-state index in [0.29, 0.717) is 6.42 Å². The first-order valence-corrected chi connectivity index (χ1v) is 6.08. The molecule has 3 rings (SSSR count). The zero-order valence-electron chi connectivity index (χ0n) is 9.84. The van der Waals surface area contributed by atoms with Gasteiger partial charge in [-0.15, -0.1) is 0 Å². The first-order chi connectivity index (χ1) is 8.75. The normalized spacial score (nSPS) is 23.3. The Balaban J connectivity index is 1.98. The molecule has 0 radical (unpaired) electrons. The Labute approximate surface area is 105 Å². The summed E-state index contributed by atoms with van der Waals surface area (Å²) in [6, 6.07) is 9.62. The van der Waals surface area contributed by atoms with Crippen molar-refractivity contribution in [3.05, 3.63) is 42.1 Å². The molecule has 2 unspecified atom stereocenters. The van der Waals surface area contributed by atoms with Gasteiger partial charge >= 0.3 is 5.97 Å². The molecule has 1 aliphatic rings. The third-order valence-electron chi connectivity index (χ3n) is 3.50. The molecule has 1 aromatic heterocycles. The molecule has 0 bridgehead atoms. The number of benzene rings is 1. The SMILES string of the molecule is O=C(O)C1CCC(c2cccc3ncccc23)N1. The van der Waals surface area contributed by atoms with E-state index in [9.17, 15) is 4.79 Å². The van der Waals surface area contributed by atoms with E-state index in [1.807, 2.05) is 30.3 Å². The van der Waals surface area contributed by atoms with E-state index in [1.54, 1.807) is 6.20 Å². The number of aromatic nitrogens is 1. The average molecular weight is 242 g/mol. The first-order valence-electron chi connectivity index (χ1n) is 6.08. The molecule has 1 aliphatic heterocycles. The van der Waals surface area contributed by atoms with Crippen molar-refractivity contribution >= 4 is 16.9 Å². The van der Waals surface area contributed by atoms with Gasteiger partial charge in [0.05, 0.1) is 5.52 Å². The molecule has 18 heavy (non-hydrogen) atoms. The molecule has 4 heteroatoms. The number of carboxylic acid groups (broad SMARTS) is 1. The topological polar surface area (TPSA) is 62.2 Å². The van der Waals surface area contributed by atoms with E-state index in [0.717, 1.165) is 22.9 Å². The summed E-state index contributed by atoms with van der Waals surface area (Å²) in [7, 11) is 0. The van der Waals surface area contributed by atoms with Crippen LogP contribution in [0.2, 0.25) is 0 Å². The maximum absolute atomic E-state index is 11.0. The maximum atomic E-state index is 11.0. The van der Waals surface area contributed by atoms with Crippen LogP contribution in [-0.2, 0) is 4.79 Å². The first kappa shape index (κ1) is 11.2. The van der Waals surface area contributed by atoms with Crippen LogP contribution in [0, 0.1) is 0 Å². The predicted octanol–water partition coefficient (Wildman–Crippen LogP) is 2.11. The van der Waals surface area contributed by atoms with Crippen molar-refractivity contribution in [2.75, 3.05) is 0 Å². The number of pyridine rings is 1. The van der Waals surface area contributed by atoms with Crippen LogP contribution in [0.3, 0.4) is 0 Å². The summed E-state index contributed by atoms with van der Waals surface area (Å²) in [5.41, 5.74) is 2.10. The second-order valence-corrected chi connectivity index (χ2v) is 4.60. The van der Waals surface area contributed by atoms with Gasteiger partial charge in [0.2, 0.25) is 0 Å². The van der Waals surface area contributed by atoms with Crippen LogP contribution in [0.1, 0.15) is 24.4 Å². The molecule has 1 aromatic carbocycles. The minimum Gasteiger partial charge on any atom is -0.480 e. The molecule has 1 saturated heterocycles. The minimum absolute atomic E-state index is 0.110. The van der Waals surface area contributed by atoms with Crippen molar-refractivity contribution in [2.24, 2.45) is 0 Å². The summed E-state index contributed by atoms with van der Waals surface area (Å²) in [6.07, 6.45) is 3.30. The third-order valence-corrected chi connectivity index (χ3v) is 3.50. The second-order valence-electron chi connectivity index (χ2n) is 4.60. The number of carboxylic acids is 1. The molecule has 2 aromatic rings. The van der Waals surface area contributed by atoms with E-state index < -0.39 is 12.0 Å². The van der Waals surface area contributed by atoms with Crippen molar-refractivity contribution < 1.29 is 9.90 Å². The van der Waals surface area contributed by atoms with Crippen LogP contribution < -0.4 is 5.32 Å². The number of rotatable bonds is 2. The van der Waals surface area contributed by atoms with Gasteiger partial charge < -0.3 is 5.11 Å². The number of fused-ring (bicyclic) bond motifs is 1. The minimum atomic E-state index is -0.768. The quantitative estimate of drug-likeness (QED) is 0.846. The third kappa shape index (κ3) is 1.84. The van der Waals surface area contributed by atoms with Crippen LogP contribution in [-0.4, -0.2) is 22.1 Å². The predicted molar refractivity (Wildman–Crippen MR) is 68.3 cm³/mol. The summed E-state index contributed by atoms with van der Waals surface area (Å²) in [5, 5.41) is 13.3. The highest BCUT2D eigenvalue weighted by atomic mass is 16.4. The highest BCUT2D eigenvalue weighted by molar-refractivity contribution is 5.83. The lowest BCUT2D eigenvalue weighted by atomic mass is 10.0. The van der Waals surface area contributed by atoms with Crippen LogP contribution in [0.4, 0.5) is 0 Å². The number of nitrogens with one attached hydrogen (secondary N) is 1. The molecule has 2 atom stereocenters. The van der Waals surface area contributed by atoms with Gasteiger partial charge in [0, 0.05) is 17.6 Å². The molecule has 0 aliphatic carbocycles. The zero-order chi connectivity index (χ0) is 12.5. The van der Waals surface area contributed by atoms with E-state index >= 15 is 0 Å². The molecule has 0 spiro atoms. The summed E-state index contributed by atoms with van der Waals surface area (Å²) in [4.78, 5) is 15.3. The van der Waals surface area contributed by atoms with E-state index in [-0.39, 0.29) is 6.04 Å². The fourth-order valence-electron chi connectivity index (χ4n) is 2.61. The highest BCUT2D eigenvalue weighted by Crippen LogP contribution is 2.31. The molecule has 0 saturated carbocycles. The Bertz CT molecular complexity index is 592. The molecule has 1 fully saturated rings. The summed E-state index contributed by atoms with van der Waals surface area (Å²) in [6.45, 7) is 0. The van der Waals surface area contributed by atoms with Gasteiger partial charge in [0.25, 0.3) is 0 Å². The molecule has 2 N–H and O–H groups in total. The summed E-state index contributed by atoms with van der Waals surface area (Å²) >= 11 is 0. The van der Waals surface area contributed by atoms with Gasteiger partial charge in [-0.1, -0.05) is 18.2 Å². The lowest BCUT2D eigenvalue weighted by Gasteiger charge is -2.14. The van der Waals surface area contributed by atoms with Gasteiger partial charge in [-0.05, 0) is 30.5 Å². The smallest absolute Gasteiger partial charge is 0.320 e. The number of carbonyl (C=O) groups is 1. The van der Waals surface area contributed by atoms with Gasteiger partial charge in [0.15, 0.2) is 0 Å². The van der Waals surface area contributed by atoms with E-state index in [2.05, 4.69) is 10.3 Å². The van der Waals surface area contributed by atoms with Gasteiger partial charge in [-0.2, -0.15) is 0 Å². The number of hydrogen-bond donors (Lipinski definition) is 2. The van der Waals surface area contributed by atoms with Gasteiger partial charge in [-0.3, -0.25) is 15.1 Å². The molecular formula is C14H14N2O2. The van der Waals surface area contributed by atoms with Crippen molar-refractivity contribution in [3.8, 4) is 0 Å². The van der Waals surface area contributed by atoms with Crippen LogP contribution in [0.15, 0.2) is 36.5 Å². The Morgan fingerprint density at radius 2 is 2.17 bits per heavy atom. The van der Waals surface area contributed by atoms with Crippen molar-refractivity contribution in [3.63, 3.8) is 0 Å². The van der Waals surface area contributed by atoms with Crippen molar-refractivity contribution in [1.82, 2.24) is 10.3 Å². The highest BCUT2D eigenvalue weighted by Gasteiger charge is 2.30. The van der Waals surface area contributed by atoms with Crippen molar-refractivity contribution in [1.29, 1.82) is 0 Å². The fourth-order valence-corrected chi connectivity index (χ4v) is 2.61. The lowest BCUT2D eigenvalue weighted by molar-refractivity contribution is -0.139. The van der Waals surface area contributed by atoms with Crippen LogP contribution >= 0.6 is 0 Å². The number of hydrogen-bond acceptors (Lipinski definition) is 3. The summed E-state index contributed by atoms with van der Waals surface area (Å²) in [5.74, 6) is -0.768. The van der Waals surface area contributed by atoms with Crippen LogP contribution in [0.25, 0.3) is 10.9 Å². The molecule has 92 valence electrons. The molecular weight excluding hydrogens is 228 g/mol. The lowest BCUT2D eigenvalue weighted by Crippen LogP contribution is -2.31. The summed E-state index contributed by atoms with van der Waals surface area (Å²) < 4.78 is 0. The average Bonchev–Trinajstić information content (AvgIpc) is 2.87. The standard InChI is InChI=1S/C14H14N2O2/c17-14(18)13-7-6-12(16-13)10-3-1-5-11-9(10)4-2-8-15-11/h1-5,8,12-13,16H,6-7H2,(H,17,18). The fraction of sp³-hybridized carbons (Fsp3) is 0.286. The van der Waals surface area contributed by atoms with Crippen molar-refractivity contribution in [2.45, 2.75) is 24.9 Å². The van der Waals surface area contributed by atoms with E-state index in [4.69, 9.17) is 5.11 Å². The second kappa shape index (κ2) is 4.38. The number of nitrogens with zero attached hydrogens (tertiary/aromatic N) is 1. The molecule has 4 nitrogen and oxygen atoms in total. The zero-order valence-corrected chi connectivity index (χ0v) is 9.84. The van der Waals surface area contributed by atoms with Gasteiger partial charge in [0.1, 0.15) is 6.04 Å². The Hall–Kier alpha value is -1.94. The van der Waals surface area contributed by atoms with Gasteiger partial charge in [-0.25, -0.2) is 0 Å². The monoisotopic (exact) mass is 242 g/mol. The molecule has 0 amide bonds. The maximum Gasteiger partial charge on any atom is 0.320 e.